The van der Waals surface area contributed by atoms with Gasteiger partial charge in [-0.1, -0.05) is 42.5 Å². The lowest BCUT2D eigenvalue weighted by atomic mass is 9.96. The molecule has 16 heavy (non-hydrogen) atoms. The highest BCUT2D eigenvalue weighted by Crippen LogP contribution is 2.23. The number of carboxylic acid groups (broad SMARTS) is 1. The molecule has 0 amide bonds. The van der Waals surface area contributed by atoms with E-state index in [1.807, 2.05) is 24.3 Å². The van der Waals surface area contributed by atoms with E-state index < -0.39 is 11.9 Å². The van der Waals surface area contributed by atoms with Crippen LogP contribution in [0.5, 0.6) is 0 Å². The van der Waals surface area contributed by atoms with Crippen LogP contribution in [-0.4, -0.2) is 11.1 Å². The number of fused-ring (bicyclic) bond motifs is 1. The number of rotatable bonds is 2. The minimum absolute atomic E-state index is 0.453. The van der Waals surface area contributed by atoms with Gasteiger partial charge in [0, 0.05) is 0 Å². The minimum Gasteiger partial charge on any atom is -0.481 e. The first-order valence-electron chi connectivity index (χ1n) is 5.38. The van der Waals surface area contributed by atoms with E-state index in [1.54, 1.807) is 6.92 Å². The van der Waals surface area contributed by atoms with Crippen molar-refractivity contribution in [2.45, 2.75) is 19.3 Å². The Bertz CT molecular complexity index is 470. The lowest BCUT2D eigenvalue weighted by molar-refractivity contribution is -0.138. The first-order valence-corrected chi connectivity index (χ1v) is 5.38. The molecule has 0 aromatic heterocycles. The fourth-order valence-corrected chi connectivity index (χ4v) is 1.77. The van der Waals surface area contributed by atoms with Crippen LogP contribution in [0.4, 0.5) is 0 Å². The van der Waals surface area contributed by atoms with Crippen molar-refractivity contribution >= 4 is 18.1 Å². The fraction of sp³-hybridized carbons (Fsp3) is 0.214. The number of carbonyl (C=O) groups is 1. The SMILES string of the molecule is CC(C(=O)O)c1ccc2c(c1)C=CCC=C2. The maximum absolute atomic E-state index is 10.9. The highest BCUT2D eigenvalue weighted by Gasteiger charge is 2.14. The van der Waals surface area contributed by atoms with Crippen molar-refractivity contribution in [3.63, 3.8) is 0 Å². The maximum Gasteiger partial charge on any atom is 0.310 e. The van der Waals surface area contributed by atoms with Crippen LogP contribution in [0.2, 0.25) is 0 Å². The van der Waals surface area contributed by atoms with Gasteiger partial charge in [0.1, 0.15) is 0 Å². The molecule has 0 fully saturated rings. The summed E-state index contributed by atoms with van der Waals surface area (Å²) in [6.45, 7) is 1.71. The van der Waals surface area contributed by atoms with Gasteiger partial charge >= 0.3 is 5.97 Å². The third-order valence-electron chi connectivity index (χ3n) is 2.85. The molecular weight excluding hydrogens is 200 g/mol. The molecule has 1 aliphatic carbocycles. The van der Waals surface area contributed by atoms with Crippen molar-refractivity contribution in [3.8, 4) is 0 Å². The Morgan fingerprint density at radius 3 is 2.62 bits per heavy atom. The lowest BCUT2D eigenvalue weighted by Gasteiger charge is -2.09. The van der Waals surface area contributed by atoms with Crippen molar-refractivity contribution in [2.75, 3.05) is 0 Å². The van der Waals surface area contributed by atoms with E-state index in [1.165, 1.54) is 0 Å². The Hall–Kier alpha value is -1.83. The Morgan fingerprint density at radius 2 is 1.94 bits per heavy atom. The quantitative estimate of drug-likeness (QED) is 0.820. The van der Waals surface area contributed by atoms with Gasteiger partial charge in [-0.15, -0.1) is 0 Å². The van der Waals surface area contributed by atoms with Crippen LogP contribution in [0, 0.1) is 0 Å². The van der Waals surface area contributed by atoms with Crippen LogP contribution < -0.4 is 0 Å². The molecular formula is C14H14O2. The van der Waals surface area contributed by atoms with Gasteiger partial charge in [-0.2, -0.15) is 0 Å². The van der Waals surface area contributed by atoms with E-state index in [0.29, 0.717) is 0 Å². The highest BCUT2D eigenvalue weighted by atomic mass is 16.4. The molecule has 0 saturated heterocycles. The summed E-state index contributed by atoms with van der Waals surface area (Å²) in [5.74, 6) is -1.24. The number of allylic oxidation sites excluding steroid dienone is 2. The normalized spacial score (nSPS) is 15.3. The molecule has 1 atom stereocenters. The second kappa shape index (κ2) is 4.35. The summed E-state index contributed by atoms with van der Waals surface area (Å²) < 4.78 is 0. The number of benzene rings is 1. The van der Waals surface area contributed by atoms with Gasteiger partial charge < -0.3 is 5.11 Å². The van der Waals surface area contributed by atoms with E-state index in [9.17, 15) is 4.79 Å². The van der Waals surface area contributed by atoms with Crippen molar-refractivity contribution in [1.29, 1.82) is 0 Å². The molecule has 0 bridgehead atoms. The van der Waals surface area contributed by atoms with Gasteiger partial charge in [-0.05, 0) is 30.0 Å². The van der Waals surface area contributed by atoms with Gasteiger partial charge in [0.15, 0.2) is 0 Å². The van der Waals surface area contributed by atoms with E-state index in [-0.39, 0.29) is 0 Å². The highest BCUT2D eigenvalue weighted by molar-refractivity contribution is 5.77. The Morgan fingerprint density at radius 1 is 1.25 bits per heavy atom. The molecule has 82 valence electrons. The Balaban J connectivity index is 2.42. The Labute approximate surface area is 94.9 Å². The van der Waals surface area contributed by atoms with Crippen LogP contribution in [0.1, 0.15) is 36.0 Å². The van der Waals surface area contributed by atoms with Crippen LogP contribution >= 0.6 is 0 Å². The monoisotopic (exact) mass is 214 g/mol. The predicted molar refractivity (Wildman–Crippen MR) is 65.2 cm³/mol. The number of carboxylic acids is 1. The van der Waals surface area contributed by atoms with E-state index in [0.717, 1.165) is 23.1 Å². The zero-order valence-corrected chi connectivity index (χ0v) is 9.18. The summed E-state index contributed by atoms with van der Waals surface area (Å²) in [6, 6.07) is 5.83. The summed E-state index contributed by atoms with van der Waals surface area (Å²) in [4.78, 5) is 10.9. The van der Waals surface area contributed by atoms with Crippen molar-refractivity contribution < 1.29 is 9.90 Å². The second-order valence-corrected chi connectivity index (χ2v) is 3.99. The molecule has 0 heterocycles. The molecule has 2 heteroatoms. The molecule has 1 aromatic rings. The average molecular weight is 214 g/mol. The lowest BCUT2D eigenvalue weighted by Crippen LogP contribution is -2.07. The molecule has 0 saturated carbocycles. The molecule has 1 unspecified atom stereocenters. The van der Waals surface area contributed by atoms with Gasteiger partial charge in [0.25, 0.3) is 0 Å². The molecule has 0 radical (unpaired) electrons. The second-order valence-electron chi connectivity index (χ2n) is 3.99. The molecule has 1 aromatic carbocycles. The minimum atomic E-state index is -0.784. The van der Waals surface area contributed by atoms with Crippen LogP contribution in [0.15, 0.2) is 30.4 Å². The van der Waals surface area contributed by atoms with E-state index >= 15 is 0 Å². The molecule has 2 rings (SSSR count). The molecule has 2 nitrogen and oxygen atoms in total. The summed E-state index contributed by atoms with van der Waals surface area (Å²) in [6.07, 6.45) is 9.23. The van der Waals surface area contributed by atoms with Crippen LogP contribution in [0.3, 0.4) is 0 Å². The van der Waals surface area contributed by atoms with Crippen molar-refractivity contribution in [2.24, 2.45) is 0 Å². The van der Waals surface area contributed by atoms with E-state index in [4.69, 9.17) is 5.11 Å². The predicted octanol–water partition coefficient (Wildman–Crippen LogP) is 3.30. The first-order chi connectivity index (χ1) is 7.68. The van der Waals surface area contributed by atoms with Gasteiger partial charge in [-0.3, -0.25) is 4.79 Å². The zero-order chi connectivity index (χ0) is 11.5. The summed E-state index contributed by atoms with van der Waals surface area (Å²) >= 11 is 0. The smallest absolute Gasteiger partial charge is 0.310 e. The number of hydrogen-bond acceptors (Lipinski definition) is 1. The van der Waals surface area contributed by atoms with Crippen LogP contribution in [0.25, 0.3) is 12.2 Å². The molecule has 1 N–H and O–H groups in total. The first kappa shape index (κ1) is 10.7. The van der Waals surface area contributed by atoms with Crippen molar-refractivity contribution in [1.82, 2.24) is 0 Å². The van der Waals surface area contributed by atoms with Gasteiger partial charge in [0.05, 0.1) is 5.92 Å². The summed E-state index contributed by atoms with van der Waals surface area (Å²) in [7, 11) is 0. The standard InChI is InChI=1S/C14H14O2/c1-10(14(15)16)12-8-7-11-5-3-2-4-6-13(11)9-12/h3-10H,2H2,1H3,(H,15,16). The summed E-state index contributed by atoms with van der Waals surface area (Å²) in [5.41, 5.74) is 3.10. The number of aliphatic carboxylic acids is 1. The Kier molecular flexibility index (Phi) is 2.91. The molecule has 1 aliphatic rings. The van der Waals surface area contributed by atoms with Crippen molar-refractivity contribution in [3.05, 3.63) is 47.0 Å². The average Bonchev–Trinajstić information content (AvgIpc) is 2.51. The van der Waals surface area contributed by atoms with Gasteiger partial charge in [0.2, 0.25) is 0 Å². The zero-order valence-electron chi connectivity index (χ0n) is 9.18. The summed E-state index contributed by atoms with van der Waals surface area (Å²) in [5, 5.41) is 8.96. The largest absolute Gasteiger partial charge is 0.481 e. The third-order valence-corrected chi connectivity index (χ3v) is 2.85. The number of hydrogen-bond donors (Lipinski definition) is 1. The maximum atomic E-state index is 10.9. The fourth-order valence-electron chi connectivity index (χ4n) is 1.77. The third kappa shape index (κ3) is 2.06. The molecule has 0 spiro atoms. The van der Waals surface area contributed by atoms with E-state index in [2.05, 4.69) is 18.2 Å². The van der Waals surface area contributed by atoms with Crippen LogP contribution in [-0.2, 0) is 4.79 Å². The molecule has 0 aliphatic heterocycles. The van der Waals surface area contributed by atoms with Gasteiger partial charge in [-0.25, -0.2) is 0 Å². The topological polar surface area (TPSA) is 37.3 Å².